The number of aryl methyl sites for hydroxylation is 2. The van der Waals surface area contributed by atoms with Crippen LogP contribution in [0, 0.1) is 13.8 Å². The van der Waals surface area contributed by atoms with Crippen molar-refractivity contribution < 1.29 is 28.6 Å². The fourth-order valence-corrected chi connectivity index (χ4v) is 2.95. The topological polar surface area (TPSA) is 184 Å². The highest BCUT2D eigenvalue weighted by Gasteiger charge is 2.14. The van der Waals surface area contributed by atoms with Crippen LogP contribution in [0.3, 0.4) is 0 Å². The van der Waals surface area contributed by atoms with Crippen molar-refractivity contribution >= 4 is 23.2 Å². The van der Waals surface area contributed by atoms with Crippen LogP contribution >= 0.6 is 0 Å². The minimum atomic E-state index is -0.768. The molecule has 0 spiro atoms. The van der Waals surface area contributed by atoms with Crippen LogP contribution in [0.5, 0.6) is 11.5 Å². The van der Waals surface area contributed by atoms with Crippen molar-refractivity contribution in [3.63, 3.8) is 0 Å². The Hall–Kier alpha value is -4.22. The Morgan fingerprint density at radius 3 is 1.47 bits per heavy atom. The number of hydrazone groups is 2. The van der Waals surface area contributed by atoms with E-state index in [1.165, 1.54) is 39.8 Å². The second-order valence-corrected chi connectivity index (χ2v) is 7.48. The van der Waals surface area contributed by atoms with Crippen molar-refractivity contribution in [1.82, 2.24) is 10.9 Å². The molecule has 34 heavy (non-hydrogen) atoms. The van der Waals surface area contributed by atoms with Gasteiger partial charge in [-0.05, 0) is 40.5 Å². The molecule has 0 saturated heterocycles. The summed E-state index contributed by atoms with van der Waals surface area (Å²) in [7, 11) is 0. The fourth-order valence-electron chi connectivity index (χ4n) is 2.95. The lowest BCUT2D eigenvalue weighted by atomic mass is 10.1. The maximum Gasteiger partial charge on any atom is 0.348 e. The predicted octanol–water partition coefficient (Wildman–Crippen LogP) is 1.56. The van der Waals surface area contributed by atoms with Gasteiger partial charge in [0.15, 0.2) is 0 Å². The summed E-state index contributed by atoms with van der Waals surface area (Å²) in [5, 5.41) is 27.4. The summed E-state index contributed by atoms with van der Waals surface area (Å²) in [5.74, 6) is -0.991. The predicted molar refractivity (Wildman–Crippen MR) is 122 cm³/mol. The van der Waals surface area contributed by atoms with Gasteiger partial charge in [0.1, 0.15) is 34.1 Å². The molecule has 2 aromatic rings. The summed E-state index contributed by atoms with van der Waals surface area (Å²) >= 11 is 0. The van der Waals surface area contributed by atoms with Gasteiger partial charge in [0.2, 0.25) is 11.8 Å². The fraction of sp³-hybridized carbons (Fsp3) is 0.364. The Balaban J connectivity index is 1.79. The molecule has 0 saturated carbocycles. The van der Waals surface area contributed by atoms with Crippen molar-refractivity contribution in [2.45, 2.75) is 53.4 Å². The Morgan fingerprint density at radius 1 is 0.794 bits per heavy atom. The number of nitrogens with zero attached hydrogens (tertiary/aromatic N) is 2. The minimum absolute atomic E-state index is 0.0686. The lowest BCUT2D eigenvalue weighted by Gasteiger charge is -2.05. The van der Waals surface area contributed by atoms with Gasteiger partial charge >= 0.3 is 11.3 Å². The molecule has 4 N–H and O–H groups in total. The molecule has 12 nitrogen and oxygen atoms in total. The summed E-state index contributed by atoms with van der Waals surface area (Å²) in [4.78, 5) is 47.6. The van der Waals surface area contributed by atoms with Gasteiger partial charge in [0, 0.05) is 25.0 Å². The van der Waals surface area contributed by atoms with Crippen LogP contribution in [-0.4, -0.2) is 33.5 Å². The molecule has 0 aromatic carbocycles. The molecule has 182 valence electrons. The van der Waals surface area contributed by atoms with Gasteiger partial charge in [-0.1, -0.05) is 0 Å². The van der Waals surface area contributed by atoms with Gasteiger partial charge in [-0.2, -0.15) is 10.2 Å². The first kappa shape index (κ1) is 26.0. The first-order valence-electron chi connectivity index (χ1n) is 10.3. The van der Waals surface area contributed by atoms with Crippen LogP contribution in [0.25, 0.3) is 0 Å². The normalized spacial score (nSPS) is 11.9. The number of aromatic hydroxyl groups is 2. The highest BCUT2D eigenvalue weighted by atomic mass is 16.4. The molecule has 0 aliphatic carbocycles. The average molecular weight is 474 g/mol. The number of hydrogen-bond acceptors (Lipinski definition) is 10. The van der Waals surface area contributed by atoms with E-state index in [9.17, 15) is 29.4 Å². The summed E-state index contributed by atoms with van der Waals surface area (Å²) in [6, 6.07) is 2.54. The van der Waals surface area contributed by atoms with Crippen LogP contribution in [0.2, 0.25) is 0 Å². The maximum atomic E-state index is 11.9. The van der Waals surface area contributed by atoms with E-state index >= 15 is 0 Å². The number of rotatable bonds is 9. The summed E-state index contributed by atoms with van der Waals surface area (Å²) in [5.41, 5.74) is 2.91. The number of hydrogen-bond donors (Lipinski definition) is 4. The molecule has 0 unspecified atom stereocenters. The third kappa shape index (κ3) is 7.15. The minimum Gasteiger partial charge on any atom is -0.507 e. The zero-order chi connectivity index (χ0) is 25.4. The van der Waals surface area contributed by atoms with Crippen molar-refractivity contribution in [2.24, 2.45) is 10.2 Å². The van der Waals surface area contributed by atoms with Gasteiger partial charge in [0.25, 0.3) is 0 Å². The third-order valence-corrected chi connectivity index (χ3v) is 4.59. The molecule has 0 radical (unpaired) electrons. The zero-order valence-electron chi connectivity index (χ0n) is 19.2. The second kappa shape index (κ2) is 11.6. The number of amides is 2. The van der Waals surface area contributed by atoms with Gasteiger partial charge in [-0.15, -0.1) is 0 Å². The van der Waals surface area contributed by atoms with E-state index in [-0.39, 0.29) is 58.4 Å². The summed E-state index contributed by atoms with van der Waals surface area (Å²) in [6.07, 6.45) is 0.881. The quantitative estimate of drug-likeness (QED) is 0.240. The molecule has 0 aliphatic heterocycles. The van der Waals surface area contributed by atoms with Crippen LogP contribution in [-0.2, 0) is 9.59 Å². The van der Waals surface area contributed by atoms with E-state index in [1.807, 2.05) is 0 Å². The standard InChI is InChI=1S/C22H26N4O8/c1-11-9-15(27)19(21(31)33-11)13(3)23-25-17(29)7-5-6-8-18(30)26-24-14(4)20-16(28)10-12(2)34-22(20)32/h9-10,27-28H,5-8H2,1-4H3,(H,25,29)(H,26,30). The largest absolute Gasteiger partial charge is 0.507 e. The van der Waals surface area contributed by atoms with E-state index < -0.39 is 23.1 Å². The maximum absolute atomic E-state index is 11.9. The Labute approximate surface area is 194 Å². The molecule has 0 aliphatic rings. The summed E-state index contributed by atoms with van der Waals surface area (Å²) in [6.45, 7) is 5.91. The van der Waals surface area contributed by atoms with E-state index in [0.29, 0.717) is 12.8 Å². The molecular weight excluding hydrogens is 448 g/mol. The number of nitrogens with one attached hydrogen (secondary N) is 2. The Kier molecular flexibility index (Phi) is 8.87. The number of carbonyl (C=O) groups excluding carboxylic acids is 2. The SMILES string of the molecule is CC(=NNC(=O)CCCCC(=O)NN=C(C)c1c(O)cc(C)oc1=O)c1c(O)cc(C)oc1=O. The molecule has 2 aromatic heterocycles. The van der Waals surface area contributed by atoms with E-state index in [1.54, 1.807) is 0 Å². The smallest absolute Gasteiger partial charge is 0.348 e. The second-order valence-electron chi connectivity index (χ2n) is 7.48. The van der Waals surface area contributed by atoms with Crippen molar-refractivity contribution in [1.29, 1.82) is 0 Å². The van der Waals surface area contributed by atoms with Crippen LogP contribution in [0.4, 0.5) is 0 Å². The lowest BCUT2D eigenvalue weighted by Crippen LogP contribution is -2.22. The monoisotopic (exact) mass is 474 g/mol. The molecule has 12 heteroatoms. The van der Waals surface area contributed by atoms with Crippen molar-refractivity contribution in [3.8, 4) is 11.5 Å². The number of unbranched alkanes of at least 4 members (excludes halogenated alkanes) is 1. The zero-order valence-corrected chi connectivity index (χ0v) is 19.2. The highest BCUT2D eigenvalue weighted by molar-refractivity contribution is 6.01. The molecule has 2 heterocycles. The van der Waals surface area contributed by atoms with E-state index in [2.05, 4.69) is 21.1 Å². The molecule has 0 fully saturated rings. The van der Waals surface area contributed by atoms with Crippen molar-refractivity contribution in [3.05, 3.63) is 55.6 Å². The molecule has 0 atom stereocenters. The Bertz CT molecular complexity index is 1160. The van der Waals surface area contributed by atoms with Gasteiger partial charge in [-0.25, -0.2) is 20.4 Å². The molecular formula is C22H26N4O8. The van der Waals surface area contributed by atoms with Crippen LogP contribution < -0.4 is 22.1 Å². The summed E-state index contributed by atoms with van der Waals surface area (Å²) < 4.78 is 9.81. The highest BCUT2D eigenvalue weighted by Crippen LogP contribution is 2.16. The lowest BCUT2D eigenvalue weighted by molar-refractivity contribution is -0.123. The van der Waals surface area contributed by atoms with Crippen molar-refractivity contribution in [2.75, 3.05) is 0 Å². The van der Waals surface area contributed by atoms with Gasteiger partial charge < -0.3 is 19.0 Å². The average Bonchev–Trinajstić information content (AvgIpc) is 2.72. The molecule has 2 amide bonds. The first-order chi connectivity index (χ1) is 16.0. The first-order valence-corrected chi connectivity index (χ1v) is 10.3. The van der Waals surface area contributed by atoms with Crippen LogP contribution in [0.1, 0.15) is 62.2 Å². The Morgan fingerprint density at radius 2 is 1.15 bits per heavy atom. The van der Waals surface area contributed by atoms with Gasteiger partial charge in [0.05, 0.1) is 11.4 Å². The molecule has 2 rings (SSSR count). The van der Waals surface area contributed by atoms with E-state index in [4.69, 9.17) is 8.83 Å². The third-order valence-electron chi connectivity index (χ3n) is 4.59. The van der Waals surface area contributed by atoms with Gasteiger partial charge in [-0.3, -0.25) is 9.59 Å². The number of carbonyl (C=O) groups is 2. The molecule has 0 bridgehead atoms. The van der Waals surface area contributed by atoms with E-state index in [0.717, 1.165) is 0 Å². The van der Waals surface area contributed by atoms with Crippen LogP contribution in [0.15, 0.2) is 40.8 Å².